The monoisotopic (exact) mass is 218 g/mol. The number of benzene rings is 1. The second-order valence-electron chi connectivity index (χ2n) is 3.58. The van der Waals surface area contributed by atoms with Gasteiger partial charge >= 0.3 is 0 Å². The van der Waals surface area contributed by atoms with Crippen molar-refractivity contribution >= 4 is 0 Å². The molecule has 0 unspecified atom stereocenters. The molecule has 84 valence electrons. The Morgan fingerprint density at radius 2 is 2.00 bits per heavy atom. The molecule has 2 rings (SSSR count). The Hall–Kier alpha value is -1.90. The first-order valence-corrected chi connectivity index (χ1v) is 5.13. The van der Waals surface area contributed by atoms with Crippen LogP contribution in [0.1, 0.15) is 11.1 Å². The molecule has 3 nitrogen and oxygen atoms in total. The molecule has 0 fully saturated rings. The van der Waals surface area contributed by atoms with Crippen molar-refractivity contribution in [3.63, 3.8) is 0 Å². The summed E-state index contributed by atoms with van der Waals surface area (Å²) in [5.74, 6) is 1.57. The summed E-state index contributed by atoms with van der Waals surface area (Å²) in [4.78, 5) is 0. The highest BCUT2D eigenvalue weighted by Gasteiger charge is 2.22. The van der Waals surface area contributed by atoms with Crippen molar-refractivity contribution in [3.8, 4) is 17.2 Å². The van der Waals surface area contributed by atoms with Crippen LogP contribution in [0.5, 0.6) is 17.2 Å². The average molecular weight is 218 g/mol. The van der Waals surface area contributed by atoms with Crippen molar-refractivity contribution in [2.75, 3.05) is 6.79 Å². The van der Waals surface area contributed by atoms with Crippen LogP contribution < -0.4 is 9.47 Å². The average Bonchev–Trinajstić information content (AvgIpc) is 2.72. The van der Waals surface area contributed by atoms with Crippen molar-refractivity contribution in [3.05, 3.63) is 42.5 Å². The Morgan fingerprint density at radius 3 is 2.69 bits per heavy atom. The predicted molar refractivity (Wildman–Crippen MR) is 62.0 cm³/mol. The SMILES string of the molecule is C=CCc1cc2c(c(CC=C)c1O)OCO2. The van der Waals surface area contributed by atoms with Crippen molar-refractivity contribution in [1.82, 2.24) is 0 Å². The van der Waals surface area contributed by atoms with Crippen LogP contribution in [0.2, 0.25) is 0 Å². The first-order chi connectivity index (χ1) is 7.77. The first-order valence-electron chi connectivity index (χ1n) is 5.13. The van der Waals surface area contributed by atoms with Gasteiger partial charge in [0.05, 0.1) is 0 Å². The zero-order valence-electron chi connectivity index (χ0n) is 9.03. The minimum Gasteiger partial charge on any atom is -0.507 e. The van der Waals surface area contributed by atoms with Gasteiger partial charge in [-0.2, -0.15) is 0 Å². The summed E-state index contributed by atoms with van der Waals surface area (Å²) >= 11 is 0. The van der Waals surface area contributed by atoms with Crippen molar-refractivity contribution in [2.24, 2.45) is 0 Å². The van der Waals surface area contributed by atoms with Gasteiger partial charge in [0.15, 0.2) is 11.5 Å². The summed E-state index contributed by atoms with van der Waals surface area (Å²) in [5, 5.41) is 10.1. The van der Waals surface area contributed by atoms with Gasteiger partial charge in [0.2, 0.25) is 6.79 Å². The largest absolute Gasteiger partial charge is 0.507 e. The van der Waals surface area contributed by atoms with Crippen LogP contribution in [0.25, 0.3) is 0 Å². The van der Waals surface area contributed by atoms with E-state index < -0.39 is 0 Å². The lowest BCUT2D eigenvalue weighted by atomic mass is 10.0. The minimum atomic E-state index is 0.205. The Balaban J connectivity index is 2.54. The van der Waals surface area contributed by atoms with E-state index in [1.807, 2.05) is 0 Å². The lowest BCUT2D eigenvalue weighted by Crippen LogP contribution is -1.94. The number of fused-ring (bicyclic) bond motifs is 1. The van der Waals surface area contributed by atoms with Gasteiger partial charge in [-0.1, -0.05) is 12.2 Å². The Kier molecular flexibility index (Phi) is 2.86. The summed E-state index contributed by atoms with van der Waals surface area (Å²) in [6, 6.07) is 1.80. The molecule has 0 saturated heterocycles. The fraction of sp³-hybridized carbons (Fsp3) is 0.231. The minimum absolute atomic E-state index is 0.205. The van der Waals surface area contributed by atoms with E-state index in [1.165, 1.54) is 0 Å². The Bertz CT molecular complexity index is 435. The Labute approximate surface area is 94.6 Å². The second kappa shape index (κ2) is 4.31. The van der Waals surface area contributed by atoms with Crippen LogP contribution in [-0.4, -0.2) is 11.9 Å². The first kappa shape index (κ1) is 10.6. The van der Waals surface area contributed by atoms with Gasteiger partial charge in [0, 0.05) is 11.1 Å². The van der Waals surface area contributed by atoms with E-state index in [-0.39, 0.29) is 12.5 Å². The van der Waals surface area contributed by atoms with Gasteiger partial charge in [-0.15, -0.1) is 13.2 Å². The maximum atomic E-state index is 10.1. The van der Waals surface area contributed by atoms with Crippen molar-refractivity contribution < 1.29 is 14.6 Å². The molecule has 0 spiro atoms. The molecule has 1 aliphatic rings. The number of hydrogen-bond donors (Lipinski definition) is 1. The maximum Gasteiger partial charge on any atom is 0.231 e. The number of phenols is 1. The molecule has 1 heterocycles. The molecule has 1 aromatic carbocycles. The highest BCUT2D eigenvalue weighted by molar-refractivity contribution is 5.59. The molecular weight excluding hydrogens is 204 g/mol. The molecule has 3 heteroatoms. The van der Waals surface area contributed by atoms with E-state index in [4.69, 9.17) is 9.47 Å². The second-order valence-corrected chi connectivity index (χ2v) is 3.58. The smallest absolute Gasteiger partial charge is 0.231 e. The number of aromatic hydroxyl groups is 1. The summed E-state index contributed by atoms with van der Waals surface area (Å²) in [5.41, 5.74) is 1.54. The van der Waals surface area contributed by atoms with Gasteiger partial charge in [-0.3, -0.25) is 0 Å². The van der Waals surface area contributed by atoms with Gasteiger partial charge in [-0.25, -0.2) is 0 Å². The van der Waals surface area contributed by atoms with E-state index in [0.717, 1.165) is 11.1 Å². The van der Waals surface area contributed by atoms with Crippen molar-refractivity contribution in [1.29, 1.82) is 0 Å². The third kappa shape index (κ3) is 1.65. The molecule has 0 atom stereocenters. The molecule has 0 saturated carbocycles. The van der Waals surface area contributed by atoms with Crippen LogP contribution in [-0.2, 0) is 12.8 Å². The molecule has 0 bridgehead atoms. The topological polar surface area (TPSA) is 38.7 Å². The van der Waals surface area contributed by atoms with E-state index in [9.17, 15) is 5.11 Å². The Morgan fingerprint density at radius 1 is 1.25 bits per heavy atom. The summed E-state index contributed by atoms with van der Waals surface area (Å²) in [7, 11) is 0. The van der Waals surface area contributed by atoms with Crippen LogP contribution >= 0.6 is 0 Å². The fourth-order valence-electron chi connectivity index (χ4n) is 1.80. The quantitative estimate of drug-likeness (QED) is 0.789. The van der Waals surface area contributed by atoms with E-state index in [1.54, 1.807) is 18.2 Å². The summed E-state index contributed by atoms with van der Waals surface area (Å²) < 4.78 is 10.7. The molecular formula is C13H14O3. The zero-order valence-corrected chi connectivity index (χ0v) is 9.03. The molecule has 1 aliphatic heterocycles. The third-order valence-electron chi connectivity index (χ3n) is 2.52. The van der Waals surface area contributed by atoms with Crippen LogP contribution in [0.4, 0.5) is 0 Å². The molecule has 16 heavy (non-hydrogen) atoms. The fourth-order valence-corrected chi connectivity index (χ4v) is 1.80. The lowest BCUT2D eigenvalue weighted by molar-refractivity contribution is 0.173. The molecule has 1 N–H and O–H groups in total. The highest BCUT2D eigenvalue weighted by Crippen LogP contribution is 2.43. The van der Waals surface area contributed by atoms with Gasteiger partial charge < -0.3 is 14.6 Å². The van der Waals surface area contributed by atoms with E-state index in [2.05, 4.69) is 13.2 Å². The molecule has 0 radical (unpaired) electrons. The van der Waals surface area contributed by atoms with Gasteiger partial charge in [-0.05, 0) is 18.9 Å². The van der Waals surface area contributed by atoms with Gasteiger partial charge in [0.1, 0.15) is 5.75 Å². The molecule has 0 aromatic heterocycles. The maximum absolute atomic E-state index is 10.1. The number of ether oxygens (including phenoxy) is 2. The van der Waals surface area contributed by atoms with Crippen LogP contribution in [0.15, 0.2) is 31.4 Å². The third-order valence-corrected chi connectivity index (χ3v) is 2.52. The molecule has 0 aliphatic carbocycles. The van der Waals surface area contributed by atoms with E-state index in [0.29, 0.717) is 24.3 Å². The van der Waals surface area contributed by atoms with Gasteiger partial charge in [0.25, 0.3) is 0 Å². The highest BCUT2D eigenvalue weighted by atomic mass is 16.7. The standard InChI is InChI=1S/C13H14O3/c1-3-5-9-7-11-13(16-8-15-11)10(6-4-2)12(9)14/h3-4,7,14H,1-2,5-6,8H2. The van der Waals surface area contributed by atoms with Crippen LogP contribution in [0, 0.1) is 0 Å². The summed E-state index contributed by atoms with van der Waals surface area (Å²) in [6.45, 7) is 7.54. The normalized spacial score (nSPS) is 12.5. The molecule has 1 aromatic rings. The van der Waals surface area contributed by atoms with E-state index >= 15 is 0 Å². The molecule has 0 amide bonds. The van der Waals surface area contributed by atoms with Crippen molar-refractivity contribution in [2.45, 2.75) is 12.8 Å². The number of allylic oxidation sites excluding steroid dienone is 2. The lowest BCUT2D eigenvalue weighted by Gasteiger charge is -2.10. The number of rotatable bonds is 4. The zero-order chi connectivity index (χ0) is 11.5. The number of hydrogen-bond acceptors (Lipinski definition) is 3. The predicted octanol–water partition coefficient (Wildman–Crippen LogP) is 2.58. The summed E-state index contributed by atoms with van der Waals surface area (Å²) in [6.07, 6.45) is 4.64. The number of phenolic OH excluding ortho intramolecular Hbond substituents is 1. The van der Waals surface area contributed by atoms with Crippen LogP contribution in [0.3, 0.4) is 0 Å².